The molecular weight excluding hydrogens is 144 g/mol. The quantitative estimate of drug-likeness (QED) is 0.266. The van der Waals surface area contributed by atoms with Gasteiger partial charge in [-0.05, 0) is 6.07 Å². The second-order valence-electron chi connectivity index (χ2n) is 2.25. The average Bonchev–Trinajstić information content (AvgIpc) is 2.35. The van der Waals surface area contributed by atoms with Crippen LogP contribution in [0.3, 0.4) is 0 Å². The Morgan fingerprint density at radius 1 is 1.91 bits per heavy atom. The molecule has 1 rings (SSSR count). The third-order valence-corrected chi connectivity index (χ3v) is 1.26. The molecule has 0 spiro atoms. The number of hydrogen-bond acceptors (Lipinski definition) is 3. The molecular formula is C6H10N4O. The van der Waals surface area contributed by atoms with Crippen LogP contribution in [0.4, 0.5) is 0 Å². The fourth-order valence-electron chi connectivity index (χ4n) is 0.778. The van der Waals surface area contributed by atoms with E-state index < -0.39 is 0 Å². The van der Waals surface area contributed by atoms with Crippen molar-refractivity contribution in [2.24, 2.45) is 17.9 Å². The topological polar surface area (TPSA) is 76.4 Å². The van der Waals surface area contributed by atoms with Crippen molar-refractivity contribution < 1.29 is 5.21 Å². The van der Waals surface area contributed by atoms with Gasteiger partial charge in [0.05, 0.1) is 12.1 Å². The lowest BCUT2D eigenvalue weighted by molar-refractivity contribution is 0.317. The van der Waals surface area contributed by atoms with Gasteiger partial charge in [-0.1, -0.05) is 5.16 Å². The Labute approximate surface area is 64.1 Å². The van der Waals surface area contributed by atoms with E-state index in [9.17, 15) is 0 Å². The lowest BCUT2D eigenvalue weighted by Crippen LogP contribution is -2.15. The molecule has 1 aromatic heterocycles. The van der Waals surface area contributed by atoms with Crippen molar-refractivity contribution in [3.63, 3.8) is 0 Å². The van der Waals surface area contributed by atoms with E-state index in [0.717, 1.165) is 5.69 Å². The monoisotopic (exact) mass is 154 g/mol. The summed E-state index contributed by atoms with van der Waals surface area (Å²) < 4.78 is 1.67. The minimum atomic E-state index is 0.170. The van der Waals surface area contributed by atoms with Crippen molar-refractivity contribution in [1.82, 2.24) is 9.78 Å². The van der Waals surface area contributed by atoms with Crippen LogP contribution in [0.25, 0.3) is 0 Å². The second kappa shape index (κ2) is 3.05. The van der Waals surface area contributed by atoms with Gasteiger partial charge in [-0.25, -0.2) is 0 Å². The number of amidine groups is 1. The smallest absolute Gasteiger partial charge is 0.145 e. The van der Waals surface area contributed by atoms with Gasteiger partial charge in [-0.3, -0.25) is 4.68 Å². The molecule has 0 amide bonds. The SMILES string of the molecule is Cn1ccc(C/C(N)=N/O)n1. The lowest BCUT2D eigenvalue weighted by atomic mass is 10.3. The van der Waals surface area contributed by atoms with Crippen molar-refractivity contribution in [2.75, 3.05) is 0 Å². The van der Waals surface area contributed by atoms with Gasteiger partial charge in [0.15, 0.2) is 0 Å². The predicted octanol–water partition coefficient (Wildman–Crippen LogP) is -0.291. The molecule has 1 aromatic rings. The minimum absolute atomic E-state index is 0.170. The van der Waals surface area contributed by atoms with E-state index in [2.05, 4.69) is 10.3 Å². The summed E-state index contributed by atoms with van der Waals surface area (Å²) in [6.45, 7) is 0. The highest BCUT2D eigenvalue weighted by molar-refractivity contribution is 5.81. The average molecular weight is 154 g/mol. The summed E-state index contributed by atoms with van der Waals surface area (Å²) in [6, 6.07) is 1.82. The Kier molecular flexibility index (Phi) is 2.10. The fourth-order valence-corrected chi connectivity index (χ4v) is 0.778. The van der Waals surface area contributed by atoms with E-state index >= 15 is 0 Å². The van der Waals surface area contributed by atoms with Crippen LogP contribution in [-0.4, -0.2) is 20.8 Å². The Hall–Kier alpha value is -1.52. The van der Waals surface area contributed by atoms with Gasteiger partial charge in [0.25, 0.3) is 0 Å². The largest absolute Gasteiger partial charge is 0.409 e. The van der Waals surface area contributed by atoms with Gasteiger partial charge in [0.2, 0.25) is 0 Å². The molecule has 1 heterocycles. The maximum Gasteiger partial charge on any atom is 0.145 e. The lowest BCUT2D eigenvalue weighted by Gasteiger charge is -1.92. The Morgan fingerprint density at radius 2 is 2.64 bits per heavy atom. The zero-order chi connectivity index (χ0) is 8.27. The van der Waals surface area contributed by atoms with E-state index in [0.29, 0.717) is 6.42 Å². The maximum atomic E-state index is 8.23. The summed E-state index contributed by atoms with van der Waals surface area (Å²) in [5.74, 6) is 0.170. The van der Waals surface area contributed by atoms with E-state index in [4.69, 9.17) is 10.9 Å². The van der Waals surface area contributed by atoms with Gasteiger partial charge in [-0.2, -0.15) is 5.10 Å². The third kappa shape index (κ3) is 1.96. The van der Waals surface area contributed by atoms with Crippen LogP contribution in [0.5, 0.6) is 0 Å². The van der Waals surface area contributed by atoms with Crippen molar-refractivity contribution in [1.29, 1.82) is 0 Å². The predicted molar refractivity (Wildman–Crippen MR) is 40.3 cm³/mol. The maximum absolute atomic E-state index is 8.23. The molecule has 0 saturated heterocycles. The number of hydrogen-bond donors (Lipinski definition) is 2. The highest BCUT2D eigenvalue weighted by Crippen LogP contribution is 1.94. The number of aromatic nitrogens is 2. The molecule has 0 aromatic carbocycles. The van der Waals surface area contributed by atoms with Gasteiger partial charge in [0, 0.05) is 13.2 Å². The van der Waals surface area contributed by atoms with Crippen LogP contribution in [0.15, 0.2) is 17.4 Å². The zero-order valence-electron chi connectivity index (χ0n) is 6.23. The summed E-state index contributed by atoms with van der Waals surface area (Å²) in [5.41, 5.74) is 6.06. The standard InChI is InChI=1S/C6H10N4O/c1-10-3-2-5(8-10)4-6(7)9-11/h2-3,11H,4H2,1H3,(H2,7,9). The first kappa shape index (κ1) is 7.59. The summed E-state index contributed by atoms with van der Waals surface area (Å²) in [5, 5.41) is 15.1. The van der Waals surface area contributed by atoms with Gasteiger partial charge < -0.3 is 10.9 Å². The first-order valence-electron chi connectivity index (χ1n) is 3.17. The number of oxime groups is 1. The summed E-state index contributed by atoms with van der Waals surface area (Å²) in [7, 11) is 1.82. The molecule has 0 radical (unpaired) electrons. The Balaban J connectivity index is 2.65. The van der Waals surface area contributed by atoms with Gasteiger partial charge in [0.1, 0.15) is 5.84 Å². The molecule has 11 heavy (non-hydrogen) atoms. The first-order chi connectivity index (χ1) is 5.22. The molecule has 0 saturated carbocycles. The highest BCUT2D eigenvalue weighted by Gasteiger charge is 1.99. The summed E-state index contributed by atoms with van der Waals surface area (Å²) >= 11 is 0. The van der Waals surface area contributed by atoms with Crippen molar-refractivity contribution in [3.8, 4) is 0 Å². The van der Waals surface area contributed by atoms with Crippen molar-refractivity contribution >= 4 is 5.84 Å². The highest BCUT2D eigenvalue weighted by atomic mass is 16.4. The zero-order valence-corrected chi connectivity index (χ0v) is 6.23. The molecule has 60 valence electrons. The fraction of sp³-hybridized carbons (Fsp3) is 0.333. The molecule has 0 aliphatic carbocycles. The molecule has 0 bridgehead atoms. The van der Waals surface area contributed by atoms with E-state index in [1.807, 2.05) is 13.1 Å². The minimum Gasteiger partial charge on any atom is -0.409 e. The Bertz CT molecular complexity index is 265. The molecule has 0 fully saturated rings. The van der Waals surface area contributed by atoms with Crippen LogP contribution in [0.1, 0.15) is 5.69 Å². The molecule has 0 unspecified atom stereocenters. The molecule has 0 atom stereocenters. The van der Waals surface area contributed by atoms with Crippen LogP contribution >= 0.6 is 0 Å². The van der Waals surface area contributed by atoms with Gasteiger partial charge >= 0.3 is 0 Å². The van der Waals surface area contributed by atoms with Crippen LogP contribution in [0.2, 0.25) is 0 Å². The number of rotatable bonds is 2. The molecule has 3 N–H and O–H groups in total. The number of nitrogens with zero attached hydrogens (tertiary/aromatic N) is 3. The normalized spacial score (nSPS) is 11.9. The summed E-state index contributed by atoms with van der Waals surface area (Å²) in [6.07, 6.45) is 2.19. The van der Waals surface area contributed by atoms with Crippen molar-refractivity contribution in [3.05, 3.63) is 18.0 Å². The second-order valence-corrected chi connectivity index (χ2v) is 2.25. The van der Waals surface area contributed by atoms with E-state index in [-0.39, 0.29) is 5.84 Å². The van der Waals surface area contributed by atoms with Crippen LogP contribution < -0.4 is 5.73 Å². The first-order valence-corrected chi connectivity index (χ1v) is 3.17. The Morgan fingerprint density at radius 3 is 3.09 bits per heavy atom. The van der Waals surface area contributed by atoms with Crippen molar-refractivity contribution in [2.45, 2.75) is 6.42 Å². The van der Waals surface area contributed by atoms with E-state index in [1.165, 1.54) is 0 Å². The third-order valence-electron chi connectivity index (χ3n) is 1.26. The molecule has 0 aliphatic rings. The van der Waals surface area contributed by atoms with Crippen LogP contribution in [-0.2, 0) is 13.5 Å². The summed E-state index contributed by atoms with van der Waals surface area (Å²) in [4.78, 5) is 0. The molecule has 0 aliphatic heterocycles. The van der Waals surface area contributed by atoms with Crippen LogP contribution in [0, 0.1) is 0 Å². The number of aryl methyl sites for hydroxylation is 1. The molecule has 5 nitrogen and oxygen atoms in total. The number of nitrogens with two attached hydrogens (primary N) is 1. The van der Waals surface area contributed by atoms with E-state index in [1.54, 1.807) is 10.9 Å². The molecule has 5 heteroatoms. The van der Waals surface area contributed by atoms with Gasteiger partial charge in [-0.15, -0.1) is 0 Å².